The fourth-order valence-corrected chi connectivity index (χ4v) is 4.31. The number of rotatable bonds is 3. The van der Waals surface area contributed by atoms with Gasteiger partial charge in [0, 0.05) is 56.1 Å². The predicted octanol–water partition coefficient (Wildman–Crippen LogP) is 3.18. The monoisotopic (exact) mass is 413 g/mol. The van der Waals surface area contributed by atoms with E-state index in [-0.39, 0.29) is 12.4 Å². The van der Waals surface area contributed by atoms with Gasteiger partial charge >= 0.3 is 0 Å². The number of fused-ring (bicyclic) bond motifs is 1. The van der Waals surface area contributed by atoms with Gasteiger partial charge in [-0.05, 0) is 45.0 Å². The smallest absolute Gasteiger partial charge is 0.172 e. The van der Waals surface area contributed by atoms with Crippen molar-refractivity contribution in [2.24, 2.45) is 0 Å². The molecule has 2 aliphatic rings. The highest BCUT2D eigenvalue weighted by Crippen LogP contribution is 2.33. The molecule has 0 unspecified atom stereocenters. The van der Waals surface area contributed by atoms with Crippen LogP contribution in [0.2, 0.25) is 0 Å². The fraction of sp³-hybridized carbons (Fsp3) is 0.476. The minimum Gasteiger partial charge on any atom is -0.354 e. The Balaban J connectivity index is 0.00000205. The largest absolute Gasteiger partial charge is 0.354 e. The van der Waals surface area contributed by atoms with Crippen LogP contribution in [0, 0.1) is 0 Å². The molecule has 2 fully saturated rings. The van der Waals surface area contributed by atoms with E-state index >= 15 is 0 Å². The van der Waals surface area contributed by atoms with Crippen molar-refractivity contribution < 1.29 is 0 Å². The van der Waals surface area contributed by atoms with Crippen molar-refractivity contribution in [3.63, 3.8) is 0 Å². The molecule has 5 heterocycles. The molecular weight excluding hydrogens is 386 g/mol. The molecule has 2 saturated heterocycles. The van der Waals surface area contributed by atoms with Gasteiger partial charge in [-0.15, -0.1) is 12.4 Å². The van der Waals surface area contributed by atoms with Crippen LogP contribution in [0.25, 0.3) is 22.3 Å². The molecule has 0 amide bonds. The van der Waals surface area contributed by atoms with Gasteiger partial charge < -0.3 is 19.7 Å². The normalized spacial score (nSPS) is 18.1. The van der Waals surface area contributed by atoms with Crippen LogP contribution in [0.5, 0.6) is 0 Å². The fourth-order valence-electron chi connectivity index (χ4n) is 4.31. The second-order valence-corrected chi connectivity index (χ2v) is 7.84. The van der Waals surface area contributed by atoms with Gasteiger partial charge in [0.2, 0.25) is 0 Å². The molecular formula is C21H28ClN7. The Labute approximate surface area is 177 Å². The average Bonchev–Trinajstić information content (AvgIpc) is 3.37. The first-order valence-electron chi connectivity index (χ1n) is 10.3. The minimum atomic E-state index is 0. The molecule has 0 spiro atoms. The standard InChI is InChI=1S/C21H27N7.ClH/c1-26-9-4-12-28(14-13-26)21-20(27-10-2-3-11-27)24-15-18(25-21)16-5-7-22-19-17(16)6-8-23-19;/h5-8,15H,2-4,9-14H2,1H3,(H,22,23);1H. The van der Waals surface area contributed by atoms with Crippen molar-refractivity contribution in [2.45, 2.75) is 19.3 Å². The lowest BCUT2D eigenvalue weighted by Gasteiger charge is -2.28. The summed E-state index contributed by atoms with van der Waals surface area (Å²) in [5.41, 5.74) is 2.89. The molecule has 154 valence electrons. The number of likely N-dealkylation sites (N-methyl/N-ethyl adjacent to an activating group) is 1. The van der Waals surface area contributed by atoms with Crippen LogP contribution in [0.3, 0.4) is 0 Å². The second kappa shape index (κ2) is 8.55. The van der Waals surface area contributed by atoms with Crippen molar-refractivity contribution in [1.82, 2.24) is 24.8 Å². The van der Waals surface area contributed by atoms with E-state index in [1.54, 1.807) is 0 Å². The van der Waals surface area contributed by atoms with Gasteiger partial charge in [0.1, 0.15) is 5.65 Å². The summed E-state index contributed by atoms with van der Waals surface area (Å²) in [5, 5.41) is 1.09. The van der Waals surface area contributed by atoms with Gasteiger partial charge in [-0.25, -0.2) is 15.0 Å². The van der Waals surface area contributed by atoms with Crippen LogP contribution >= 0.6 is 12.4 Å². The number of pyridine rings is 1. The van der Waals surface area contributed by atoms with E-state index in [1.807, 2.05) is 24.7 Å². The number of aromatic nitrogens is 4. The number of nitrogens with one attached hydrogen (secondary N) is 1. The maximum Gasteiger partial charge on any atom is 0.172 e. The Kier molecular flexibility index (Phi) is 5.87. The van der Waals surface area contributed by atoms with E-state index in [0.29, 0.717) is 0 Å². The summed E-state index contributed by atoms with van der Waals surface area (Å²) < 4.78 is 0. The lowest BCUT2D eigenvalue weighted by atomic mass is 10.1. The summed E-state index contributed by atoms with van der Waals surface area (Å²) >= 11 is 0. The molecule has 0 radical (unpaired) electrons. The number of halogens is 1. The van der Waals surface area contributed by atoms with E-state index in [0.717, 1.165) is 79.6 Å². The molecule has 29 heavy (non-hydrogen) atoms. The molecule has 0 atom stereocenters. The summed E-state index contributed by atoms with van der Waals surface area (Å²) in [6, 6.07) is 4.10. The number of hydrogen-bond donors (Lipinski definition) is 1. The Hall–Kier alpha value is -2.38. The van der Waals surface area contributed by atoms with Gasteiger partial charge in [-0.1, -0.05) is 0 Å². The number of aromatic amines is 1. The molecule has 0 aromatic carbocycles. The van der Waals surface area contributed by atoms with E-state index < -0.39 is 0 Å². The van der Waals surface area contributed by atoms with Crippen LogP contribution in [0.1, 0.15) is 19.3 Å². The lowest BCUT2D eigenvalue weighted by molar-refractivity contribution is 0.360. The van der Waals surface area contributed by atoms with Gasteiger partial charge in [0.15, 0.2) is 11.6 Å². The third-order valence-electron chi connectivity index (χ3n) is 5.90. The van der Waals surface area contributed by atoms with Crippen LogP contribution < -0.4 is 9.80 Å². The summed E-state index contributed by atoms with van der Waals surface area (Å²) in [4.78, 5) is 24.9. The first kappa shape index (κ1) is 19.9. The maximum atomic E-state index is 5.17. The van der Waals surface area contributed by atoms with Gasteiger partial charge in [0.25, 0.3) is 0 Å². The van der Waals surface area contributed by atoms with Crippen molar-refractivity contribution in [1.29, 1.82) is 0 Å². The molecule has 2 aliphatic heterocycles. The number of hydrogen-bond acceptors (Lipinski definition) is 6. The molecule has 0 aliphatic carbocycles. The summed E-state index contributed by atoms with van der Waals surface area (Å²) in [6.45, 7) is 6.36. The number of H-pyrrole nitrogens is 1. The van der Waals surface area contributed by atoms with E-state index in [1.165, 1.54) is 12.8 Å². The van der Waals surface area contributed by atoms with Crippen molar-refractivity contribution in [3.8, 4) is 11.3 Å². The lowest BCUT2D eigenvalue weighted by Crippen LogP contribution is -2.32. The average molecular weight is 414 g/mol. The number of anilines is 2. The van der Waals surface area contributed by atoms with Crippen molar-refractivity contribution >= 4 is 35.1 Å². The van der Waals surface area contributed by atoms with Gasteiger partial charge in [0.05, 0.1) is 11.9 Å². The quantitative estimate of drug-likeness (QED) is 0.711. The summed E-state index contributed by atoms with van der Waals surface area (Å²) in [6.07, 6.45) is 9.32. The molecule has 7 nitrogen and oxygen atoms in total. The van der Waals surface area contributed by atoms with Crippen LogP contribution in [0.15, 0.2) is 30.7 Å². The molecule has 8 heteroatoms. The maximum absolute atomic E-state index is 5.17. The van der Waals surface area contributed by atoms with Crippen molar-refractivity contribution in [2.75, 3.05) is 56.1 Å². The first-order chi connectivity index (χ1) is 13.8. The highest BCUT2D eigenvalue weighted by atomic mass is 35.5. The summed E-state index contributed by atoms with van der Waals surface area (Å²) in [5.74, 6) is 2.08. The zero-order valence-electron chi connectivity index (χ0n) is 16.8. The Morgan fingerprint density at radius 3 is 2.52 bits per heavy atom. The molecule has 0 saturated carbocycles. The van der Waals surface area contributed by atoms with E-state index in [4.69, 9.17) is 9.97 Å². The highest BCUT2D eigenvalue weighted by Gasteiger charge is 2.24. The van der Waals surface area contributed by atoms with E-state index in [9.17, 15) is 0 Å². The number of nitrogens with zero attached hydrogens (tertiary/aromatic N) is 6. The molecule has 0 bridgehead atoms. The van der Waals surface area contributed by atoms with Gasteiger partial charge in [-0.3, -0.25) is 0 Å². The molecule has 3 aromatic rings. The van der Waals surface area contributed by atoms with Crippen LogP contribution in [-0.4, -0.2) is 71.2 Å². The predicted molar refractivity (Wildman–Crippen MR) is 120 cm³/mol. The second-order valence-electron chi connectivity index (χ2n) is 7.84. The Morgan fingerprint density at radius 2 is 1.66 bits per heavy atom. The highest BCUT2D eigenvalue weighted by molar-refractivity contribution is 5.92. The topological polar surface area (TPSA) is 64.2 Å². The summed E-state index contributed by atoms with van der Waals surface area (Å²) in [7, 11) is 2.20. The minimum absolute atomic E-state index is 0. The third-order valence-corrected chi connectivity index (χ3v) is 5.90. The molecule has 3 aromatic heterocycles. The zero-order valence-corrected chi connectivity index (χ0v) is 17.7. The SMILES string of the molecule is CN1CCCN(c2nc(-c3ccnc4[nH]ccc34)cnc2N2CCCC2)CC1.Cl. The third kappa shape index (κ3) is 3.89. The molecule has 5 rings (SSSR count). The Bertz CT molecular complexity index is 967. The Morgan fingerprint density at radius 1 is 0.862 bits per heavy atom. The van der Waals surface area contributed by atoms with Crippen LogP contribution in [-0.2, 0) is 0 Å². The molecule has 1 N–H and O–H groups in total. The first-order valence-corrected chi connectivity index (χ1v) is 10.3. The van der Waals surface area contributed by atoms with Crippen molar-refractivity contribution in [3.05, 3.63) is 30.7 Å². The van der Waals surface area contributed by atoms with Gasteiger partial charge in [-0.2, -0.15) is 0 Å². The van der Waals surface area contributed by atoms with Crippen LogP contribution in [0.4, 0.5) is 11.6 Å². The van der Waals surface area contributed by atoms with E-state index in [2.05, 4.69) is 37.8 Å². The zero-order chi connectivity index (χ0) is 18.9.